The summed E-state index contributed by atoms with van der Waals surface area (Å²) in [5.74, 6) is 0.0325. The van der Waals surface area contributed by atoms with Gasteiger partial charge in [0.25, 0.3) is 5.91 Å². The highest BCUT2D eigenvalue weighted by Gasteiger charge is 2.23. The van der Waals surface area contributed by atoms with Crippen LogP contribution in [0.15, 0.2) is 17.0 Å². The van der Waals surface area contributed by atoms with E-state index >= 15 is 0 Å². The maximum Gasteiger partial charge on any atom is 0.252 e. The van der Waals surface area contributed by atoms with Gasteiger partial charge in [0.1, 0.15) is 0 Å². The Morgan fingerprint density at radius 1 is 1.21 bits per heavy atom. The Labute approximate surface area is 121 Å². The van der Waals surface area contributed by atoms with E-state index in [-0.39, 0.29) is 17.4 Å². The van der Waals surface area contributed by atoms with Gasteiger partial charge in [0, 0.05) is 16.5 Å². The topological polar surface area (TPSA) is 29.1 Å². The molecule has 0 radical (unpaired) electrons. The molecule has 2 nitrogen and oxygen atoms in total. The molecule has 1 atom stereocenters. The van der Waals surface area contributed by atoms with Crippen LogP contribution in [0.1, 0.15) is 49.2 Å². The first-order valence-electron chi connectivity index (χ1n) is 6.63. The van der Waals surface area contributed by atoms with Crippen LogP contribution in [-0.4, -0.2) is 18.2 Å². The van der Waals surface area contributed by atoms with Gasteiger partial charge in [-0.1, -0.05) is 20.8 Å². The normalized spacial score (nSPS) is 13.2. The first-order valence-corrected chi connectivity index (χ1v) is 7.85. The minimum absolute atomic E-state index is 0.0325. The van der Waals surface area contributed by atoms with Crippen molar-refractivity contribution in [3.63, 3.8) is 0 Å². The summed E-state index contributed by atoms with van der Waals surface area (Å²) < 4.78 is 0. The standard InChI is InChI=1S/C16H25NOS/c1-10-8-13(19-7)9-11(2)14(10)15(18)17-12(3)16(4,5)6/h8-9,12H,1-7H3,(H,17,18)/t12-/m1/s1. The third-order valence-corrected chi connectivity index (χ3v) is 4.32. The molecular formula is C16H25NOS. The van der Waals surface area contributed by atoms with Crippen molar-refractivity contribution in [2.75, 3.05) is 6.26 Å². The van der Waals surface area contributed by atoms with Gasteiger partial charge in [-0.2, -0.15) is 0 Å². The van der Waals surface area contributed by atoms with Crippen molar-refractivity contribution in [2.24, 2.45) is 5.41 Å². The van der Waals surface area contributed by atoms with Crippen LogP contribution in [0.4, 0.5) is 0 Å². The fourth-order valence-corrected chi connectivity index (χ4v) is 2.47. The SMILES string of the molecule is CSc1cc(C)c(C(=O)N[C@H](C)C(C)(C)C)c(C)c1. The molecule has 0 saturated heterocycles. The Hall–Kier alpha value is -0.960. The fourth-order valence-electron chi connectivity index (χ4n) is 1.89. The number of hydrogen-bond acceptors (Lipinski definition) is 2. The lowest BCUT2D eigenvalue weighted by atomic mass is 9.87. The molecule has 1 N–H and O–H groups in total. The molecule has 19 heavy (non-hydrogen) atoms. The van der Waals surface area contributed by atoms with Crippen LogP contribution in [0, 0.1) is 19.3 Å². The van der Waals surface area contributed by atoms with E-state index in [0.29, 0.717) is 0 Å². The van der Waals surface area contributed by atoms with Gasteiger partial charge in [0.2, 0.25) is 0 Å². The fraction of sp³-hybridized carbons (Fsp3) is 0.562. The van der Waals surface area contributed by atoms with Crippen LogP contribution in [0.3, 0.4) is 0 Å². The van der Waals surface area contributed by atoms with Crippen molar-refractivity contribution in [3.05, 3.63) is 28.8 Å². The smallest absolute Gasteiger partial charge is 0.252 e. The molecule has 1 rings (SSSR count). The lowest BCUT2D eigenvalue weighted by molar-refractivity contribution is 0.0909. The monoisotopic (exact) mass is 279 g/mol. The molecule has 0 fully saturated rings. The molecule has 0 heterocycles. The van der Waals surface area contributed by atoms with E-state index in [9.17, 15) is 4.79 Å². The molecule has 0 unspecified atom stereocenters. The number of rotatable bonds is 3. The number of thioether (sulfide) groups is 1. The number of carbonyl (C=O) groups excluding carboxylic acids is 1. The van der Waals surface area contributed by atoms with Crippen LogP contribution >= 0.6 is 11.8 Å². The molecule has 0 aliphatic rings. The minimum atomic E-state index is 0.0325. The van der Waals surface area contributed by atoms with E-state index in [1.807, 2.05) is 13.8 Å². The molecular weight excluding hydrogens is 254 g/mol. The number of amides is 1. The van der Waals surface area contributed by atoms with Crippen molar-refractivity contribution >= 4 is 17.7 Å². The summed E-state index contributed by atoms with van der Waals surface area (Å²) in [6.45, 7) is 12.5. The molecule has 3 heteroatoms. The Balaban J connectivity index is 3.01. The summed E-state index contributed by atoms with van der Waals surface area (Å²) in [4.78, 5) is 13.6. The largest absolute Gasteiger partial charge is 0.349 e. The highest BCUT2D eigenvalue weighted by molar-refractivity contribution is 7.98. The van der Waals surface area contributed by atoms with E-state index < -0.39 is 0 Å². The third kappa shape index (κ3) is 4.00. The molecule has 1 amide bonds. The Morgan fingerprint density at radius 3 is 2.05 bits per heavy atom. The Morgan fingerprint density at radius 2 is 1.68 bits per heavy atom. The van der Waals surface area contributed by atoms with Crippen molar-refractivity contribution in [1.29, 1.82) is 0 Å². The quantitative estimate of drug-likeness (QED) is 0.841. The van der Waals surface area contributed by atoms with Crippen molar-refractivity contribution in [2.45, 2.75) is 52.5 Å². The summed E-state index contributed by atoms with van der Waals surface area (Å²) in [5, 5.41) is 3.11. The number of nitrogens with one attached hydrogen (secondary N) is 1. The molecule has 1 aromatic carbocycles. The van der Waals surface area contributed by atoms with Crippen LogP contribution in [0.2, 0.25) is 0 Å². The zero-order valence-electron chi connectivity index (χ0n) is 13.0. The highest BCUT2D eigenvalue weighted by atomic mass is 32.2. The second-order valence-corrected chi connectivity index (χ2v) is 7.08. The lowest BCUT2D eigenvalue weighted by Crippen LogP contribution is -2.41. The first-order chi connectivity index (χ1) is 8.66. The van der Waals surface area contributed by atoms with Gasteiger partial charge in [0.05, 0.1) is 0 Å². The molecule has 0 aromatic heterocycles. The van der Waals surface area contributed by atoms with E-state index in [2.05, 4.69) is 51.4 Å². The van der Waals surface area contributed by atoms with Gasteiger partial charge in [-0.3, -0.25) is 4.79 Å². The number of aryl methyl sites for hydroxylation is 2. The van der Waals surface area contributed by atoms with Gasteiger partial charge >= 0.3 is 0 Å². The minimum Gasteiger partial charge on any atom is -0.349 e. The Kier molecular flexibility index (Phi) is 5.08. The lowest BCUT2D eigenvalue weighted by Gasteiger charge is -2.28. The van der Waals surface area contributed by atoms with Gasteiger partial charge in [-0.05, 0) is 55.7 Å². The van der Waals surface area contributed by atoms with E-state index in [1.165, 1.54) is 4.90 Å². The number of carbonyl (C=O) groups is 1. The zero-order valence-corrected chi connectivity index (χ0v) is 13.9. The van der Waals surface area contributed by atoms with Gasteiger partial charge in [0.15, 0.2) is 0 Å². The summed E-state index contributed by atoms with van der Waals surface area (Å²) in [5.41, 5.74) is 2.97. The molecule has 1 aromatic rings. The van der Waals surface area contributed by atoms with Gasteiger partial charge in [-0.25, -0.2) is 0 Å². The van der Waals surface area contributed by atoms with Crippen molar-refractivity contribution in [3.8, 4) is 0 Å². The van der Waals surface area contributed by atoms with Crippen LogP contribution in [-0.2, 0) is 0 Å². The van der Waals surface area contributed by atoms with Crippen LogP contribution in [0.5, 0.6) is 0 Å². The summed E-state index contributed by atoms with van der Waals surface area (Å²) >= 11 is 1.70. The number of hydrogen-bond donors (Lipinski definition) is 1. The summed E-state index contributed by atoms with van der Waals surface area (Å²) in [7, 11) is 0. The third-order valence-electron chi connectivity index (χ3n) is 3.62. The predicted octanol–water partition coefficient (Wildman–Crippen LogP) is 4.19. The highest BCUT2D eigenvalue weighted by Crippen LogP contribution is 2.24. The molecule has 0 aliphatic heterocycles. The molecule has 0 spiro atoms. The maximum atomic E-state index is 12.4. The van der Waals surface area contributed by atoms with E-state index in [0.717, 1.165) is 16.7 Å². The van der Waals surface area contributed by atoms with Crippen LogP contribution < -0.4 is 5.32 Å². The van der Waals surface area contributed by atoms with E-state index in [1.54, 1.807) is 11.8 Å². The second-order valence-electron chi connectivity index (χ2n) is 6.20. The summed E-state index contributed by atoms with van der Waals surface area (Å²) in [6.07, 6.45) is 2.05. The van der Waals surface area contributed by atoms with Crippen molar-refractivity contribution in [1.82, 2.24) is 5.32 Å². The second kappa shape index (κ2) is 6.00. The first kappa shape index (κ1) is 16.1. The molecule has 0 saturated carbocycles. The molecule has 0 aliphatic carbocycles. The average Bonchev–Trinajstić information content (AvgIpc) is 2.26. The van der Waals surface area contributed by atoms with Gasteiger partial charge in [-0.15, -0.1) is 11.8 Å². The average molecular weight is 279 g/mol. The maximum absolute atomic E-state index is 12.4. The van der Waals surface area contributed by atoms with E-state index in [4.69, 9.17) is 0 Å². The summed E-state index contributed by atoms with van der Waals surface area (Å²) in [6, 6.07) is 4.29. The molecule has 106 valence electrons. The predicted molar refractivity (Wildman–Crippen MR) is 84.1 cm³/mol. The molecule has 0 bridgehead atoms. The van der Waals surface area contributed by atoms with Crippen LogP contribution in [0.25, 0.3) is 0 Å². The Bertz CT molecular complexity index is 451. The van der Waals surface area contributed by atoms with Crippen molar-refractivity contribution < 1.29 is 4.79 Å². The zero-order chi connectivity index (χ0) is 14.8. The van der Waals surface area contributed by atoms with Gasteiger partial charge < -0.3 is 5.32 Å². The number of benzene rings is 1.